The molecule has 132 valence electrons. The first kappa shape index (κ1) is 17.4. The van der Waals surface area contributed by atoms with Crippen LogP contribution in [-0.2, 0) is 0 Å². The lowest BCUT2D eigenvalue weighted by Gasteiger charge is -2.10. The Hall–Kier alpha value is -2.41. The third kappa shape index (κ3) is 4.17. The third-order valence-corrected chi connectivity index (χ3v) is 5.11. The molecule has 1 aliphatic rings. The third-order valence-electron chi connectivity index (χ3n) is 3.99. The molecular formula is C18H22N4O2S. The number of aryl methyl sites for hydroxylation is 2. The Bertz CT molecular complexity index is 811. The predicted octanol–water partition coefficient (Wildman–Crippen LogP) is 3.34. The summed E-state index contributed by atoms with van der Waals surface area (Å²) in [4.78, 5) is 29.7. The van der Waals surface area contributed by atoms with Crippen molar-refractivity contribution in [1.82, 2.24) is 10.3 Å². The van der Waals surface area contributed by atoms with Crippen molar-refractivity contribution >= 4 is 34.0 Å². The van der Waals surface area contributed by atoms with Crippen molar-refractivity contribution in [2.45, 2.75) is 39.7 Å². The Labute approximate surface area is 151 Å². The zero-order chi connectivity index (χ0) is 18.0. The first-order valence-corrected chi connectivity index (χ1v) is 9.23. The van der Waals surface area contributed by atoms with Gasteiger partial charge in [0.15, 0.2) is 5.13 Å². The summed E-state index contributed by atoms with van der Waals surface area (Å²) in [5, 5.41) is 9.73. The molecule has 1 aromatic heterocycles. The van der Waals surface area contributed by atoms with Gasteiger partial charge in [-0.2, -0.15) is 0 Å². The Morgan fingerprint density at radius 3 is 2.68 bits per heavy atom. The second-order valence-electron chi connectivity index (χ2n) is 6.20. The van der Waals surface area contributed by atoms with Crippen LogP contribution in [0.15, 0.2) is 18.2 Å². The fourth-order valence-electron chi connectivity index (χ4n) is 2.41. The molecule has 0 radical (unpaired) electrons. The van der Waals surface area contributed by atoms with Crippen molar-refractivity contribution in [2.24, 2.45) is 0 Å². The molecule has 1 heterocycles. The van der Waals surface area contributed by atoms with Crippen LogP contribution in [0, 0.1) is 13.8 Å². The largest absolute Gasteiger partial charge is 0.362 e. The number of aromatic nitrogens is 1. The molecule has 3 N–H and O–H groups in total. The summed E-state index contributed by atoms with van der Waals surface area (Å²) in [6, 6.07) is 5.66. The molecule has 1 aliphatic carbocycles. The molecule has 0 unspecified atom stereocenters. The average molecular weight is 358 g/mol. The van der Waals surface area contributed by atoms with Gasteiger partial charge in [-0.1, -0.05) is 17.4 Å². The van der Waals surface area contributed by atoms with E-state index >= 15 is 0 Å². The van der Waals surface area contributed by atoms with Gasteiger partial charge in [0.1, 0.15) is 4.88 Å². The number of thiazole rings is 1. The van der Waals surface area contributed by atoms with Gasteiger partial charge in [-0.25, -0.2) is 4.98 Å². The molecule has 0 aliphatic heterocycles. The van der Waals surface area contributed by atoms with E-state index in [4.69, 9.17) is 0 Å². The van der Waals surface area contributed by atoms with Gasteiger partial charge in [-0.15, -0.1) is 0 Å². The van der Waals surface area contributed by atoms with Crippen molar-refractivity contribution in [3.63, 3.8) is 0 Å². The molecule has 1 saturated carbocycles. The van der Waals surface area contributed by atoms with Crippen LogP contribution in [0.5, 0.6) is 0 Å². The number of rotatable bonds is 6. The molecule has 3 rings (SSSR count). The average Bonchev–Trinajstić information content (AvgIpc) is 3.30. The first-order chi connectivity index (χ1) is 12.0. The number of hydrogen-bond acceptors (Lipinski definition) is 5. The van der Waals surface area contributed by atoms with Gasteiger partial charge in [0.05, 0.1) is 5.69 Å². The van der Waals surface area contributed by atoms with Crippen LogP contribution in [0.25, 0.3) is 0 Å². The van der Waals surface area contributed by atoms with Gasteiger partial charge in [0.2, 0.25) is 0 Å². The van der Waals surface area contributed by atoms with Gasteiger partial charge in [0, 0.05) is 23.8 Å². The fraction of sp³-hybridized carbons (Fsp3) is 0.389. The van der Waals surface area contributed by atoms with E-state index in [0.717, 1.165) is 30.1 Å². The number of anilines is 2. The molecule has 2 amide bonds. The van der Waals surface area contributed by atoms with Crippen LogP contribution in [0.3, 0.4) is 0 Å². The van der Waals surface area contributed by atoms with Crippen LogP contribution in [0.1, 0.15) is 51.1 Å². The number of hydrogen-bond donors (Lipinski definition) is 3. The molecule has 0 spiro atoms. The summed E-state index contributed by atoms with van der Waals surface area (Å²) in [7, 11) is 0. The minimum absolute atomic E-state index is 0.0959. The van der Waals surface area contributed by atoms with E-state index < -0.39 is 0 Å². The maximum atomic E-state index is 12.6. The Morgan fingerprint density at radius 1 is 1.24 bits per heavy atom. The zero-order valence-corrected chi connectivity index (χ0v) is 15.4. The Morgan fingerprint density at radius 2 is 2.00 bits per heavy atom. The van der Waals surface area contributed by atoms with Crippen LogP contribution in [-0.4, -0.2) is 29.4 Å². The number of nitrogens with zero attached hydrogens (tertiary/aromatic N) is 1. The summed E-state index contributed by atoms with van der Waals surface area (Å²) in [6.45, 7) is 6.46. The van der Waals surface area contributed by atoms with E-state index in [2.05, 4.69) is 20.9 Å². The Balaban J connectivity index is 1.77. The number of carbonyl (C=O) groups excluding carboxylic acids is 2. The molecular weight excluding hydrogens is 336 g/mol. The van der Waals surface area contributed by atoms with Crippen LogP contribution >= 0.6 is 11.3 Å². The minimum atomic E-state index is -0.206. The van der Waals surface area contributed by atoms with E-state index in [1.54, 1.807) is 12.1 Å². The lowest BCUT2D eigenvalue weighted by Crippen LogP contribution is -2.25. The van der Waals surface area contributed by atoms with Gasteiger partial charge < -0.3 is 16.0 Å². The molecule has 7 heteroatoms. The molecule has 1 fully saturated rings. The standard InChI is InChI=1S/C18H22N4O2S/c1-4-19-18-20-11(3)15(25-18)17(24)22-14-9-12(6-5-10(14)2)16(23)21-13-7-8-13/h5-6,9,13H,4,7-8H2,1-3H3,(H,19,20)(H,21,23)(H,22,24). The molecule has 0 bridgehead atoms. The van der Waals surface area contributed by atoms with E-state index in [1.165, 1.54) is 11.3 Å². The highest BCUT2D eigenvalue weighted by Gasteiger charge is 2.24. The first-order valence-electron chi connectivity index (χ1n) is 8.42. The van der Waals surface area contributed by atoms with Crippen LogP contribution in [0.2, 0.25) is 0 Å². The maximum Gasteiger partial charge on any atom is 0.267 e. The lowest BCUT2D eigenvalue weighted by atomic mass is 10.1. The van der Waals surface area contributed by atoms with E-state index in [1.807, 2.05) is 26.8 Å². The summed E-state index contributed by atoms with van der Waals surface area (Å²) >= 11 is 1.33. The highest BCUT2D eigenvalue weighted by Crippen LogP contribution is 2.25. The van der Waals surface area contributed by atoms with Crippen LogP contribution < -0.4 is 16.0 Å². The molecule has 0 saturated heterocycles. The Kier molecular flexibility index (Phi) is 5.03. The number of benzene rings is 1. The normalized spacial score (nSPS) is 13.4. The predicted molar refractivity (Wildman–Crippen MR) is 101 cm³/mol. The highest BCUT2D eigenvalue weighted by molar-refractivity contribution is 7.17. The van der Waals surface area contributed by atoms with Gasteiger partial charge in [-0.3, -0.25) is 9.59 Å². The quantitative estimate of drug-likeness (QED) is 0.739. The number of nitrogens with one attached hydrogen (secondary N) is 3. The molecule has 25 heavy (non-hydrogen) atoms. The second-order valence-corrected chi connectivity index (χ2v) is 7.19. The summed E-state index contributed by atoms with van der Waals surface area (Å²) in [5.41, 5.74) is 2.80. The molecule has 0 atom stereocenters. The van der Waals surface area contributed by atoms with Crippen molar-refractivity contribution in [3.8, 4) is 0 Å². The van der Waals surface area contributed by atoms with E-state index in [0.29, 0.717) is 27.9 Å². The zero-order valence-electron chi connectivity index (χ0n) is 14.6. The number of carbonyl (C=O) groups is 2. The van der Waals surface area contributed by atoms with Crippen LogP contribution in [0.4, 0.5) is 10.8 Å². The number of amides is 2. The topological polar surface area (TPSA) is 83.1 Å². The molecule has 6 nitrogen and oxygen atoms in total. The van der Waals surface area contributed by atoms with Crippen molar-refractivity contribution < 1.29 is 9.59 Å². The van der Waals surface area contributed by atoms with Gasteiger partial charge in [0.25, 0.3) is 11.8 Å². The maximum absolute atomic E-state index is 12.6. The fourth-order valence-corrected chi connectivity index (χ4v) is 3.34. The second kappa shape index (κ2) is 7.23. The van der Waals surface area contributed by atoms with Crippen molar-refractivity contribution in [3.05, 3.63) is 39.9 Å². The summed E-state index contributed by atoms with van der Waals surface area (Å²) in [6.07, 6.45) is 2.08. The van der Waals surface area contributed by atoms with E-state index in [-0.39, 0.29) is 11.8 Å². The SMILES string of the molecule is CCNc1nc(C)c(C(=O)Nc2cc(C(=O)NC3CC3)ccc2C)s1. The van der Waals surface area contributed by atoms with E-state index in [9.17, 15) is 9.59 Å². The van der Waals surface area contributed by atoms with Crippen molar-refractivity contribution in [1.29, 1.82) is 0 Å². The molecule has 1 aromatic carbocycles. The van der Waals surface area contributed by atoms with Gasteiger partial charge >= 0.3 is 0 Å². The van der Waals surface area contributed by atoms with Crippen molar-refractivity contribution in [2.75, 3.05) is 17.2 Å². The minimum Gasteiger partial charge on any atom is -0.362 e. The lowest BCUT2D eigenvalue weighted by molar-refractivity contribution is 0.0949. The van der Waals surface area contributed by atoms with Gasteiger partial charge in [-0.05, 0) is 51.3 Å². The summed E-state index contributed by atoms with van der Waals surface area (Å²) < 4.78 is 0. The molecule has 2 aromatic rings. The monoisotopic (exact) mass is 358 g/mol. The summed E-state index contributed by atoms with van der Waals surface area (Å²) in [5.74, 6) is -0.302. The smallest absolute Gasteiger partial charge is 0.267 e. The highest BCUT2D eigenvalue weighted by atomic mass is 32.1.